The van der Waals surface area contributed by atoms with Crippen LogP contribution in [0.4, 0.5) is 26.3 Å². The average Bonchev–Trinajstić information content (AvgIpc) is 3.33. The van der Waals surface area contributed by atoms with E-state index in [4.69, 9.17) is 0 Å². The second-order valence-electron chi connectivity index (χ2n) is 10.1. The van der Waals surface area contributed by atoms with E-state index in [-0.39, 0.29) is 11.1 Å². The van der Waals surface area contributed by atoms with E-state index < -0.39 is 38.4 Å². The van der Waals surface area contributed by atoms with Gasteiger partial charge in [-0.25, -0.2) is 0 Å². The highest BCUT2D eigenvalue weighted by molar-refractivity contribution is 8.14. The molecule has 0 amide bonds. The van der Waals surface area contributed by atoms with E-state index in [0.29, 0.717) is 21.0 Å². The maximum atomic E-state index is 15.6. The van der Waals surface area contributed by atoms with Crippen LogP contribution >= 0.6 is 23.5 Å². The lowest BCUT2D eigenvalue weighted by Gasteiger charge is -2.48. The Labute approximate surface area is 219 Å². The third-order valence-electron chi connectivity index (χ3n) is 8.15. The van der Waals surface area contributed by atoms with Crippen LogP contribution in [-0.4, -0.2) is 27.3 Å². The van der Waals surface area contributed by atoms with Gasteiger partial charge in [0.05, 0.1) is 9.49 Å². The lowest BCUT2D eigenvalue weighted by Crippen LogP contribution is -2.49. The molecule has 0 bridgehead atoms. The van der Waals surface area contributed by atoms with Gasteiger partial charge in [-0.05, 0) is 61.1 Å². The summed E-state index contributed by atoms with van der Waals surface area (Å²) in [5.74, 6) is -15.6. The molecule has 1 saturated carbocycles. The minimum absolute atomic E-state index is 0.103. The van der Waals surface area contributed by atoms with Gasteiger partial charge in [0.25, 0.3) is 0 Å². The van der Waals surface area contributed by atoms with Crippen molar-refractivity contribution in [1.29, 1.82) is 0 Å². The Kier molecular flexibility index (Phi) is 5.00. The number of rotatable bonds is 2. The van der Waals surface area contributed by atoms with Crippen molar-refractivity contribution < 1.29 is 26.3 Å². The molecular formula is C29H22F6S2. The fourth-order valence-corrected chi connectivity index (χ4v) is 9.64. The van der Waals surface area contributed by atoms with Crippen molar-refractivity contribution in [1.82, 2.24) is 0 Å². The molecule has 37 heavy (non-hydrogen) atoms. The van der Waals surface area contributed by atoms with E-state index in [1.807, 2.05) is 36.4 Å². The standard InChI is InChI=1S/C29H22F6S2/c1-15-19-21-22(28(32,33)29(34,35)27(21,30)31)20-16(2)24(18-13-9-6-10-14-18)37-26(20,4)25(19,3)36-23(15)17-11-7-5-8-12-17/h5-14H,1-4H3/t25-,26-/m1/s1. The highest BCUT2D eigenvalue weighted by Gasteiger charge is 2.84. The molecule has 2 aliphatic carbocycles. The van der Waals surface area contributed by atoms with Crippen molar-refractivity contribution in [2.45, 2.75) is 55.0 Å². The van der Waals surface area contributed by atoms with Crippen LogP contribution in [0.5, 0.6) is 0 Å². The summed E-state index contributed by atoms with van der Waals surface area (Å²) < 4.78 is 90.1. The topological polar surface area (TPSA) is 0 Å². The molecule has 6 rings (SSSR count). The van der Waals surface area contributed by atoms with Crippen molar-refractivity contribution >= 4 is 33.3 Å². The zero-order chi connectivity index (χ0) is 26.8. The molecule has 192 valence electrons. The smallest absolute Gasteiger partial charge is 0.194 e. The number of allylic oxidation sites excluding steroid dienone is 4. The normalized spacial score (nSPS) is 31.2. The number of alkyl halides is 6. The molecular weight excluding hydrogens is 526 g/mol. The fraction of sp³-hybridized carbons (Fsp3) is 0.310. The van der Waals surface area contributed by atoms with Crippen molar-refractivity contribution in [3.63, 3.8) is 0 Å². The van der Waals surface area contributed by atoms with Gasteiger partial charge in [0.2, 0.25) is 0 Å². The molecule has 0 aromatic heterocycles. The minimum Gasteiger partial charge on any atom is -0.194 e. The van der Waals surface area contributed by atoms with Crippen molar-refractivity contribution in [2.24, 2.45) is 0 Å². The Morgan fingerprint density at radius 1 is 0.514 bits per heavy atom. The van der Waals surface area contributed by atoms with Crippen LogP contribution in [0.25, 0.3) is 9.81 Å². The highest BCUT2D eigenvalue weighted by atomic mass is 32.2. The van der Waals surface area contributed by atoms with Crippen molar-refractivity contribution in [3.8, 4) is 0 Å². The maximum Gasteiger partial charge on any atom is 0.380 e. The number of hydrogen-bond donors (Lipinski definition) is 0. The van der Waals surface area contributed by atoms with Gasteiger partial charge in [-0.15, -0.1) is 23.5 Å². The van der Waals surface area contributed by atoms with Gasteiger partial charge < -0.3 is 0 Å². The Morgan fingerprint density at radius 3 is 1.16 bits per heavy atom. The third-order valence-corrected chi connectivity index (χ3v) is 11.8. The van der Waals surface area contributed by atoms with Crippen molar-refractivity contribution in [3.05, 3.63) is 105 Å². The molecule has 0 radical (unpaired) electrons. The fourth-order valence-electron chi connectivity index (χ4n) is 6.25. The predicted octanol–water partition coefficient (Wildman–Crippen LogP) is 9.39. The molecule has 0 N–H and O–H groups in total. The third kappa shape index (κ3) is 2.76. The van der Waals surface area contributed by atoms with Gasteiger partial charge in [-0.1, -0.05) is 60.7 Å². The Bertz CT molecular complexity index is 1370. The number of fused-ring (bicyclic) bond motifs is 4. The molecule has 8 heteroatoms. The van der Waals surface area contributed by atoms with Gasteiger partial charge >= 0.3 is 17.8 Å². The van der Waals surface area contributed by atoms with E-state index in [1.165, 1.54) is 23.5 Å². The summed E-state index contributed by atoms with van der Waals surface area (Å²) in [6.07, 6.45) is 0. The summed E-state index contributed by atoms with van der Waals surface area (Å²) in [6.45, 7) is 6.62. The quantitative estimate of drug-likeness (QED) is 0.343. The van der Waals surface area contributed by atoms with E-state index in [2.05, 4.69) is 0 Å². The largest absolute Gasteiger partial charge is 0.380 e. The monoisotopic (exact) mass is 548 g/mol. The molecule has 0 spiro atoms. The van der Waals surface area contributed by atoms with Crippen molar-refractivity contribution in [2.75, 3.05) is 0 Å². The molecule has 0 saturated heterocycles. The molecule has 1 fully saturated rings. The molecule has 4 aliphatic rings. The first kappa shape index (κ1) is 25.0. The molecule has 2 aliphatic heterocycles. The van der Waals surface area contributed by atoms with Crippen LogP contribution in [0.15, 0.2) is 94.1 Å². The zero-order valence-corrected chi connectivity index (χ0v) is 22.0. The second kappa shape index (κ2) is 7.41. The SMILES string of the molecule is CC1=C(c2ccccc2)S[C@]2(C)C1=C1C(=C3C(C)=C(c4ccccc4)S[C@]32C)C(F)(F)C(F)(F)C1(F)F. The first-order valence-corrected chi connectivity index (χ1v) is 13.4. The Morgan fingerprint density at radius 2 is 0.838 bits per heavy atom. The number of benzene rings is 2. The summed E-state index contributed by atoms with van der Waals surface area (Å²) in [5.41, 5.74) is -0.474. The lowest BCUT2D eigenvalue weighted by atomic mass is 9.68. The van der Waals surface area contributed by atoms with Crippen LogP contribution in [0.1, 0.15) is 38.8 Å². The van der Waals surface area contributed by atoms with Crippen LogP contribution in [0, 0.1) is 0 Å². The maximum absolute atomic E-state index is 15.6. The second-order valence-corrected chi connectivity index (χ2v) is 13.0. The summed E-state index contributed by atoms with van der Waals surface area (Å²) in [5, 5.41) is 0. The molecule has 2 heterocycles. The number of hydrogen-bond acceptors (Lipinski definition) is 2. The lowest BCUT2D eigenvalue weighted by molar-refractivity contribution is -0.258. The Balaban J connectivity index is 1.74. The van der Waals surface area contributed by atoms with E-state index in [0.717, 1.165) is 11.1 Å². The summed E-state index contributed by atoms with van der Waals surface area (Å²) >= 11 is 2.60. The Hall–Kier alpha value is -2.32. The zero-order valence-electron chi connectivity index (χ0n) is 20.4. The summed E-state index contributed by atoms with van der Waals surface area (Å²) in [6, 6.07) is 18.1. The molecule has 2 aromatic carbocycles. The molecule has 2 aromatic rings. The van der Waals surface area contributed by atoms with Crippen LogP contribution in [0.3, 0.4) is 0 Å². The van der Waals surface area contributed by atoms with Crippen LogP contribution in [0.2, 0.25) is 0 Å². The average molecular weight is 549 g/mol. The van der Waals surface area contributed by atoms with Gasteiger partial charge in [0.15, 0.2) is 0 Å². The van der Waals surface area contributed by atoms with Gasteiger partial charge in [0, 0.05) is 21.0 Å². The predicted molar refractivity (Wildman–Crippen MR) is 139 cm³/mol. The van der Waals surface area contributed by atoms with Gasteiger partial charge in [-0.3, -0.25) is 0 Å². The minimum atomic E-state index is -5.56. The van der Waals surface area contributed by atoms with Crippen LogP contribution < -0.4 is 0 Å². The number of thioether (sulfide) groups is 2. The highest BCUT2D eigenvalue weighted by Crippen LogP contribution is 2.77. The van der Waals surface area contributed by atoms with E-state index >= 15 is 26.3 Å². The molecule has 0 nitrogen and oxygen atoms in total. The van der Waals surface area contributed by atoms with Crippen LogP contribution in [-0.2, 0) is 0 Å². The summed E-state index contributed by atoms with van der Waals surface area (Å²) in [4.78, 5) is 1.27. The van der Waals surface area contributed by atoms with E-state index in [9.17, 15) is 0 Å². The van der Waals surface area contributed by atoms with Gasteiger partial charge in [-0.2, -0.15) is 26.3 Å². The summed E-state index contributed by atoms with van der Waals surface area (Å²) in [7, 11) is 0. The molecule has 2 atom stereocenters. The van der Waals surface area contributed by atoms with Gasteiger partial charge in [0.1, 0.15) is 0 Å². The first-order valence-electron chi connectivity index (χ1n) is 11.8. The number of halogens is 6. The first-order chi connectivity index (χ1) is 17.2. The van der Waals surface area contributed by atoms with E-state index in [1.54, 1.807) is 52.0 Å². The molecule has 0 unspecified atom stereocenters.